The molecule has 1 fully saturated rings. The van der Waals surface area contributed by atoms with Gasteiger partial charge in [0.2, 0.25) is 11.8 Å². The van der Waals surface area contributed by atoms with Crippen molar-refractivity contribution in [1.82, 2.24) is 4.90 Å². The highest BCUT2D eigenvalue weighted by molar-refractivity contribution is 6.10. The number of hydrogen-bond donors (Lipinski definition) is 1. The third kappa shape index (κ3) is 3.59. The van der Waals surface area contributed by atoms with Crippen LogP contribution in [0.3, 0.4) is 0 Å². The highest BCUT2D eigenvalue weighted by Crippen LogP contribution is 2.61. The van der Waals surface area contributed by atoms with Crippen molar-refractivity contribution in [1.29, 1.82) is 0 Å². The Hall–Kier alpha value is -4.46. The van der Waals surface area contributed by atoms with Gasteiger partial charge in [0.05, 0.1) is 18.9 Å². The Labute approximate surface area is 219 Å². The van der Waals surface area contributed by atoms with Crippen molar-refractivity contribution in [3.63, 3.8) is 0 Å². The van der Waals surface area contributed by atoms with E-state index in [-0.39, 0.29) is 23.7 Å². The van der Waals surface area contributed by atoms with E-state index >= 15 is 0 Å². The summed E-state index contributed by atoms with van der Waals surface area (Å²) < 4.78 is 10.4. The molecule has 0 aromatic heterocycles. The van der Waals surface area contributed by atoms with Crippen LogP contribution in [-0.2, 0) is 23.9 Å². The van der Waals surface area contributed by atoms with Gasteiger partial charge in [-0.05, 0) is 41.3 Å². The second-order valence-electron chi connectivity index (χ2n) is 9.88. The maximum Gasteiger partial charge on any atom is 0.329 e. The lowest BCUT2D eigenvalue weighted by atomic mass is 9.55. The topological polar surface area (TPSA) is 102 Å². The summed E-state index contributed by atoms with van der Waals surface area (Å²) in [5.74, 6) is -3.20. The number of esters is 1. The second-order valence-corrected chi connectivity index (χ2v) is 9.88. The monoisotopic (exact) mass is 510 g/mol. The predicted molar refractivity (Wildman–Crippen MR) is 137 cm³/mol. The number of hydrogen-bond acceptors (Lipinski definition) is 6. The van der Waals surface area contributed by atoms with Gasteiger partial charge in [-0.15, -0.1) is 0 Å². The number of likely N-dealkylation sites (tertiary alicyclic amines) is 1. The number of ether oxygens (including phenoxy) is 2. The van der Waals surface area contributed by atoms with E-state index in [2.05, 4.69) is 5.32 Å². The van der Waals surface area contributed by atoms with E-state index in [0.717, 1.165) is 27.2 Å². The molecule has 8 heteroatoms. The average Bonchev–Trinajstić information content (AvgIpc) is 3.21. The lowest BCUT2D eigenvalue weighted by molar-refractivity contribution is -0.159. The fourth-order valence-corrected chi connectivity index (χ4v) is 6.34. The van der Waals surface area contributed by atoms with Crippen molar-refractivity contribution in [3.8, 4) is 5.75 Å². The molecule has 3 atom stereocenters. The number of carbonyl (C=O) groups is 4. The maximum atomic E-state index is 13.8. The maximum absolute atomic E-state index is 13.8. The van der Waals surface area contributed by atoms with Gasteiger partial charge in [0.15, 0.2) is 6.61 Å². The number of nitrogens with zero attached hydrogens (tertiary/aromatic N) is 1. The Morgan fingerprint density at radius 3 is 1.87 bits per heavy atom. The van der Waals surface area contributed by atoms with E-state index in [4.69, 9.17) is 9.47 Å². The lowest BCUT2D eigenvalue weighted by Crippen LogP contribution is -2.45. The first-order valence-corrected chi connectivity index (χ1v) is 12.6. The normalized spacial score (nSPS) is 23.3. The summed E-state index contributed by atoms with van der Waals surface area (Å²) in [6, 6.07) is 21.5. The van der Waals surface area contributed by atoms with Crippen LogP contribution in [0.25, 0.3) is 0 Å². The van der Waals surface area contributed by atoms with Crippen LogP contribution >= 0.6 is 0 Å². The van der Waals surface area contributed by atoms with Crippen LogP contribution < -0.4 is 10.1 Å². The number of nitrogens with one attached hydrogen (secondary N) is 1. The van der Waals surface area contributed by atoms with Crippen molar-refractivity contribution in [2.75, 3.05) is 19.0 Å². The van der Waals surface area contributed by atoms with Gasteiger partial charge in [-0.25, -0.2) is 4.79 Å². The first kappa shape index (κ1) is 23.9. The first-order valence-electron chi connectivity index (χ1n) is 12.6. The largest absolute Gasteiger partial charge is 0.497 e. The molecule has 0 saturated carbocycles. The molecule has 0 radical (unpaired) electrons. The Kier molecular flexibility index (Phi) is 5.75. The molecule has 8 nitrogen and oxygen atoms in total. The third-order valence-corrected chi connectivity index (χ3v) is 7.91. The number of methoxy groups -OCH3 is 1. The van der Waals surface area contributed by atoms with Crippen LogP contribution in [0.15, 0.2) is 72.8 Å². The van der Waals surface area contributed by atoms with Gasteiger partial charge in [0.25, 0.3) is 5.91 Å². The van der Waals surface area contributed by atoms with Crippen molar-refractivity contribution in [3.05, 3.63) is 95.1 Å². The molecule has 1 N–H and O–H groups in total. The molecular formula is C30H26N2O6. The van der Waals surface area contributed by atoms with E-state index in [1.165, 1.54) is 14.0 Å². The summed E-state index contributed by atoms with van der Waals surface area (Å²) in [6.07, 6.45) is 0. The summed E-state index contributed by atoms with van der Waals surface area (Å²) in [5.41, 5.74) is 4.73. The van der Waals surface area contributed by atoms with E-state index in [1.807, 2.05) is 48.5 Å². The molecule has 4 aliphatic rings. The molecule has 192 valence electrons. The number of rotatable bonds is 6. The van der Waals surface area contributed by atoms with E-state index in [1.54, 1.807) is 24.3 Å². The molecule has 1 saturated heterocycles. The van der Waals surface area contributed by atoms with Crippen LogP contribution in [0.5, 0.6) is 5.75 Å². The van der Waals surface area contributed by atoms with Gasteiger partial charge in [-0.3, -0.25) is 19.3 Å². The molecule has 3 aromatic rings. The van der Waals surface area contributed by atoms with Gasteiger partial charge in [0, 0.05) is 23.6 Å². The van der Waals surface area contributed by atoms with Gasteiger partial charge >= 0.3 is 5.97 Å². The number of anilines is 1. The minimum Gasteiger partial charge on any atom is -0.497 e. The number of benzene rings is 3. The highest BCUT2D eigenvalue weighted by atomic mass is 16.5. The standard InChI is InChI=1S/C30H26N2O6/c1-16(30(36)38-15-23(33)31-17-8-7-9-18(14-17)37-2)32-28(34)26-24-19-10-3-4-11-20(19)25(27(26)29(32)35)22-13-6-5-12-21(22)24/h3-14,16,24-27H,15H2,1-2H3,(H,31,33)/t16-,24?,25?,26-,27+/m1/s1. The lowest BCUT2D eigenvalue weighted by Gasteiger charge is -2.45. The highest BCUT2D eigenvalue weighted by Gasteiger charge is 2.62. The van der Waals surface area contributed by atoms with Gasteiger partial charge < -0.3 is 14.8 Å². The summed E-state index contributed by atoms with van der Waals surface area (Å²) in [7, 11) is 1.52. The SMILES string of the molecule is COc1cccc(NC(=O)COC(=O)[C@@H](C)N2C(=O)[C@@H]3C4c5ccccc5C(c5ccccc54)[C@@H]3C2=O)c1. The second kappa shape index (κ2) is 9.13. The van der Waals surface area contributed by atoms with Gasteiger partial charge in [0.1, 0.15) is 11.8 Å². The average molecular weight is 511 g/mol. The third-order valence-electron chi connectivity index (χ3n) is 7.91. The molecule has 7 rings (SSSR count). The van der Waals surface area contributed by atoms with Crippen molar-refractivity contribution >= 4 is 29.4 Å². The number of carbonyl (C=O) groups excluding carboxylic acids is 4. The molecule has 3 amide bonds. The van der Waals surface area contributed by atoms with Crippen molar-refractivity contribution in [2.24, 2.45) is 11.8 Å². The molecule has 1 heterocycles. The molecule has 0 unspecified atom stereocenters. The van der Waals surface area contributed by atoms with Crippen LogP contribution in [0.2, 0.25) is 0 Å². The minimum absolute atomic E-state index is 0.254. The Balaban J connectivity index is 1.20. The smallest absolute Gasteiger partial charge is 0.329 e. The van der Waals surface area contributed by atoms with Gasteiger partial charge in [-0.2, -0.15) is 0 Å². The van der Waals surface area contributed by atoms with Crippen molar-refractivity contribution < 1.29 is 28.7 Å². The zero-order chi connectivity index (χ0) is 26.6. The Morgan fingerprint density at radius 2 is 1.37 bits per heavy atom. The Bertz CT molecular complexity index is 1370. The van der Waals surface area contributed by atoms with Crippen LogP contribution in [0, 0.1) is 11.8 Å². The molecule has 3 aliphatic carbocycles. The van der Waals surface area contributed by atoms with E-state index < -0.39 is 36.4 Å². The molecule has 2 bridgehead atoms. The minimum atomic E-state index is -1.16. The summed E-state index contributed by atoms with van der Waals surface area (Å²) >= 11 is 0. The molecule has 3 aromatic carbocycles. The summed E-state index contributed by atoms with van der Waals surface area (Å²) in [4.78, 5) is 53.8. The van der Waals surface area contributed by atoms with E-state index in [0.29, 0.717) is 11.4 Å². The summed E-state index contributed by atoms with van der Waals surface area (Å²) in [5, 5.41) is 2.64. The molecule has 38 heavy (non-hydrogen) atoms. The first-order chi connectivity index (χ1) is 18.4. The van der Waals surface area contributed by atoms with Crippen molar-refractivity contribution in [2.45, 2.75) is 24.8 Å². The number of amides is 3. The quantitative estimate of drug-likeness (QED) is 0.403. The zero-order valence-corrected chi connectivity index (χ0v) is 20.9. The predicted octanol–water partition coefficient (Wildman–Crippen LogP) is 3.46. The zero-order valence-electron chi connectivity index (χ0n) is 20.9. The van der Waals surface area contributed by atoms with Crippen LogP contribution in [-0.4, -0.2) is 48.3 Å². The Morgan fingerprint density at radius 1 is 0.842 bits per heavy atom. The molecule has 0 spiro atoms. The summed E-state index contributed by atoms with van der Waals surface area (Å²) in [6.45, 7) is 0.920. The fraction of sp³-hybridized carbons (Fsp3) is 0.267. The molecular weight excluding hydrogens is 484 g/mol. The van der Waals surface area contributed by atoms with Gasteiger partial charge in [-0.1, -0.05) is 54.6 Å². The molecule has 1 aliphatic heterocycles. The fourth-order valence-electron chi connectivity index (χ4n) is 6.34. The van der Waals surface area contributed by atoms with E-state index in [9.17, 15) is 19.2 Å². The van der Waals surface area contributed by atoms with Crippen LogP contribution in [0.1, 0.15) is 41.0 Å². The number of imide groups is 1. The van der Waals surface area contributed by atoms with Crippen LogP contribution in [0.4, 0.5) is 5.69 Å².